The molecule has 0 aliphatic carbocycles. The van der Waals surface area contributed by atoms with E-state index in [1.54, 1.807) is 12.1 Å². The van der Waals surface area contributed by atoms with Crippen LogP contribution in [0.3, 0.4) is 0 Å². The van der Waals surface area contributed by atoms with Crippen LogP contribution in [0, 0.1) is 17.5 Å². The van der Waals surface area contributed by atoms with Crippen LogP contribution in [0.25, 0.3) is 0 Å². The highest BCUT2D eigenvalue weighted by atomic mass is 19.2. The second-order valence-corrected chi connectivity index (χ2v) is 8.84. The third-order valence-electron chi connectivity index (χ3n) is 6.38. The van der Waals surface area contributed by atoms with Crippen LogP contribution in [0.2, 0.25) is 0 Å². The largest absolute Gasteiger partial charge is 0.378 e. The zero-order valence-electron chi connectivity index (χ0n) is 19.8. The number of rotatable bonds is 7. The lowest BCUT2D eigenvalue weighted by molar-refractivity contribution is 0.0929. The molecular weight excluding hydrogens is 453 g/mol. The van der Waals surface area contributed by atoms with Crippen molar-refractivity contribution in [3.05, 3.63) is 95.3 Å². The predicted octanol–water partition coefficient (Wildman–Crippen LogP) is 4.46. The molecule has 0 bridgehead atoms. The summed E-state index contributed by atoms with van der Waals surface area (Å²) in [5.74, 6) is -2.75. The summed E-state index contributed by atoms with van der Waals surface area (Å²) in [6.45, 7) is 3.33. The summed E-state index contributed by atoms with van der Waals surface area (Å²) in [7, 11) is 3.95. The van der Waals surface area contributed by atoms with Crippen LogP contribution in [-0.4, -0.2) is 57.6 Å². The first-order chi connectivity index (χ1) is 16.8. The highest BCUT2D eigenvalue weighted by molar-refractivity contribution is 5.94. The molecule has 1 aliphatic heterocycles. The Balaban J connectivity index is 1.48. The SMILES string of the molecule is CN(C)c1ccc([C@H](CNC(=O)c2ccc(F)c(F)c2)N2CCN(c3ccc(F)cc3)CC2)cc1. The van der Waals surface area contributed by atoms with E-state index in [0.717, 1.165) is 55.2 Å². The molecule has 1 N–H and O–H groups in total. The molecular formula is C27H29F3N4O. The number of piperazine rings is 1. The number of hydrogen-bond acceptors (Lipinski definition) is 4. The number of carbonyl (C=O) groups is 1. The van der Waals surface area contributed by atoms with Gasteiger partial charge >= 0.3 is 0 Å². The Kier molecular flexibility index (Phi) is 7.60. The standard InChI is InChI=1S/C27H29F3N4O/c1-32(2)22-8-3-19(4-9-22)26(18-31-27(35)20-5-12-24(29)25(30)17-20)34-15-13-33(14-16-34)23-10-6-21(28)7-11-23/h3-12,17,26H,13-16,18H2,1-2H3,(H,31,35)/t26-/m0/s1. The maximum atomic E-state index is 13.6. The van der Waals surface area contributed by atoms with Gasteiger partial charge in [0.1, 0.15) is 5.82 Å². The molecule has 1 amide bonds. The highest BCUT2D eigenvalue weighted by Crippen LogP contribution is 2.26. The minimum atomic E-state index is -1.05. The van der Waals surface area contributed by atoms with Crippen LogP contribution in [0.15, 0.2) is 66.7 Å². The van der Waals surface area contributed by atoms with Gasteiger partial charge in [0.05, 0.1) is 6.04 Å². The first-order valence-corrected chi connectivity index (χ1v) is 11.6. The quantitative estimate of drug-likeness (QED) is 0.540. The summed E-state index contributed by atoms with van der Waals surface area (Å²) in [5.41, 5.74) is 3.17. The Labute approximate surface area is 203 Å². The Morgan fingerprint density at radius 1 is 0.886 bits per heavy atom. The van der Waals surface area contributed by atoms with Gasteiger partial charge in [0, 0.05) is 63.8 Å². The molecule has 35 heavy (non-hydrogen) atoms. The summed E-state index contributed by atoms with van der Waals surface area (Å²) in [6, 6.07) is 17.7. The topological polar surface area (TPSA) is 38.8 Å². The minimum Gasteiger partial charge on any atom is -0.378 e. The Hall–Kier alpha value is -3.52. The number of amides is 1. The molecule has 0 unspecified atom stereocenters. The van der Waals surface area contributed by atoms with Crippen molar-refractivity contribution in [3.63, 3.8) is 0 Å². The lowest BCUT2D eigenvalue weighted by Crippen LogP contribution is -2.50. The zero-order valence-corrected chi connectivity index (χ0v) is 19.8. The number of halogens is 3. The van der Waals surface area contributed by atoms with Gasteiger partial charge in [0.25, 0.3) is 5.91 Å². The van der Waals surface area contributed by atoms with Crippen molar-refractivity contribution in [2.45, 2.75) is 6.04 Å². The summed E-state index contributed by atoms with van der Waals surface area (Å²) in [4.78, 5) is 19.2. The second kappa shape index (κ2) is 10.8. The van der Waals surface area contributed by atoms with Crippen LogP contribution < -0.4 is 15.1 Å². The van der Waals surface area contributed by atoms with Gasteiger partial charge in [-0.3, -0.25) is 9.69 Å². The fourth-order valence-electron chi connectivity index (χ4n) is 4.32. The van der Waals surface area contributed by atoms with Crippen LogP contribution in [0.4, 0.5) is 24.5 Å². The van der Waals surface area contributed by atoms with E-state index >= 15 is 0 Å². The fourth-order valence-corrected chi connectivity index (χ4v) is 4.32. The van der Waals surface area contributed by atoms with Crippen molar-refractivity contribution < 1.29 is 18.0 Å². The normalized spacial score (nSPS) is 15.1. The molecule has 0 spiro atoms. The summed E-state index contributed by atoms with van der Waals surface area (Å²) < 4.78 is 40.2. The lowest BCUT2D eigenvalue weighted by atomic mass is 10.0. The molecule has 5 nitrogen and oxygen atoms in total. The van der Waals surface area contributed by atoms with E-state index in [0.29, 0.717) is 6.54 Å². The molecule has 1 heterocycles. The van der Waals surface area contributed by atoms with Crippen molar-refractivity contribution >= 4 is 17.3 Å². The average Bonchev–Trinajstić information content (AvgIpc) is 2.87. The van der Waals surface area contributed by atoms with Gasteiger partial charge in [-0.05, 0) is 60.2 Å². The molecule has 1 atom stereocenters. The molecule has 4 rings (SSSR count). The van der Waals surface area contributed by atoms with Crippen LogP contribution >= 0.6 is 0 Å². The van der Waals surface area contributed by atoms with Crippen LogP contribution in [-0.2, 0) is 0 Å². The van der Waals surface area contributed by atoms with E-state index in [4.69, 9.17) is 0 Å². The van der Waals surface area contributed by atoms with Gasteiger partial charge in [-0.2, -0.15) is 0 Å². The molecule has 3 aromatic carbocycles. The molecule has 1 aliphatic rings. The maximum absolute atomic E-state index is 13.6. The number of carbonyl (C=O) groups excluding carboxylic acids is 1. The molecule has 3 aromatic rings. The molecule has 1 fully saturated rings. The van der Waals surface area contributed by atoms with Crippen LogP contribution in [0.5, 0.6) is 0 Å². The minimum absolute atomic E-state index is 0.0757. The Bertz CT molecular complexity index is 1140. The van der Waals surface area contributed by atoms with Gasteiger partial charge < -0.3 is 15.1 Å². The van der Waals surface area contributed by atoms with Gasteiger partial charge in [-0.15, -0.1) is 0 Å². The van der Waals surface area contributed by atoms with E-state index < -0.39 is 17.5 Å². The van der Waals surface area contributed by atoms with E-state index in [1.807, 2.05) is 31.1 Å². The average molecular weight is 483 g/mol. The van der Waals surface area contributed by atoms with Crippen molar-refractivity contribution in [2.75, 3.05) is 56.6 Å². The molecule has 0 radical (unpaired) electrons. The highest BCUT2D eigenvalue weighted by Gasteiger charge is 2.26. The van der Waals surface area contributed by atoms with Crippen LogP contribution in [0.1, 0.15) is 22.0 Å². The first-order valence-electron chi connectivity index (χ1n) is 11.6. The zero-order chi connectivity index (χ0) is 24.9. The number of benzene rings is 3. The summed E-state index contributed by atoms with van der Waals surface area (Å²) in [5, 5.41) is 2.89. The van der Waals surface area contributed by atoms with Gasteiger partial charge in [-0.25, -0.2) is 13.2 Å². The fraction of sp³-hybridized carbons (Fsp3) is 0.296. The van der Waals surface area contributed by atoms with Crippen molar-refractivity contribution in [2.24, 2.45) is 0 Å². The van der Waals surface area contributed by atoms with E-state index in [9.17, 15) is 18.0 Å². The molecule has 0 aromatic heterocycles. The Morgan fingerprint density at radius 3 is 2.14 bits per heavy atom. The number of anilines is 2. The molecule has 8 heteroatoms. The molecule has 0 saturated carbocycles. The van der Waals surface area contributed by atoms with Gasteiger partial charge in [0.15, 0.2) is 11.6 Å². The smallest absolute Gasteiger partial charge is 0.251 e. The van der Waals surface area contributed by atoms with E-state index in [-0.39, 0.29) is 17.4 Å². The van der Waals surface area contributed by atoms with E-state index in [2.05, 4.69) is 27.2 Å². The second-order valence-electron chi connectivity index (χ2n) is 8.84. The van der Waals surface area contributed by atoms with Crippen molar-refractivity contribution in [1.29, 1.82) is 0 Å². The number of hydrogen-bond donors (Lipinski definition) is 1. The van der Waals surface area contributed by atoms with Gasteiger partial charge in [-0.1, -0.05) is 12.1 Å². The summed E-state index contributed by atoms with van der Waals surface area (Å²) in [6.07, 6.45) is 0. The summed E-state index contributed by atoms with van der Waals surface area (Å²) >= 11 is 0. The van der Waals surface area contributed by atoms with E-state index in [1.165, 1.54) is 18.2 Å². The third kappa shape index (κ3) is 5.95. The lowest BCUT2D eigenvalue weighted by Gasteiger charge is -2.40. The molecule has 1 saturated heterocycles. The monoisotopic (exact) mass is 482 g/mol. The Morgan fingerprint density at radius 2 is 1.54 bits per heavy atom. The number of nitrogens with one attached hydrogen (secondary N) is 1. The van der Waals surface area contributed by atoms with Gasteiger partial charge in [0.2, 0.25) is 0 Å². The first kappa shape index (κ1) is 24.6. The predicted molar refractivity (Wildman–Crippen MR) is 132 cm³/mol. The number of nitrogens with zero attached hydrogens (tertiary/aromatic N) is 3. The third-order valence-corrected chi connectivity index (χ3v) is 6.38. The molecule has 184 valence electrons. The van der Waals surface area contributed by atoms with Crippen molar-refractivity contribution in [3.8, 4) is 0 Å². The van der Waals surface area contributed by atoms with Crippen molar-refractivity contribution in [1.82, 2.24) is 10.2 Å². The maximum Gasteiger partial charge on any atom is 0.251 e.